The first kappa shape index (κ1) is 31.9. The van der Waals surface area contributed by atoms with Gasteiger partial charge < -0.3 is 14.0 Å². The quantitative estimate of drug-likeness (QED) is 0.0989. The third-order valence-corrected chi connectivity index (χ3v) is 7.40. The van der Waals surface area contributed by atoms with Crippen LogP contribution in [0.1, 0.15) is 103 Å². The molecular formula is C34H54NO3+. The fraction of sp³-hybridized carbons (Fsp3) is 0.618. The van der Waals surface area contributed by atoms with Gasteiger partial charge in [0.15, 0.2) is 6.04 Å². The molecule has 2 atom stereocenters. The van der Waals surface area contributed by atoms with Crippen molar-refractivity contribution >= 4 is 5.97 Å². The minimum absolute atomic E-state index is 0.139. The summed E-state index contributed by atoms with van der Waals surface area (Å²) in [5, 5.41) is 0. The molecule has 0 saturated heterocycles. The summed E-state index contributed by atoms with van der Waals surface area (Å²) in [7, 11) is 4.23. The van der Waals surface area contributed by atoms with Crippen molar-refractivity contribution in [2.24, 2.45) is 0 Å². The number of aryl methyl sites for hydroxylation is 1. The minimum Gasteiger partial charge on any atom is -0.487 e. The second-order valence-electron chi connectivity index (χ2n) is 11.5. The van der Waals surface area contributed by atoms with Gasteiger partial charge in [-0.05, 0) is 43.9 Å². The van der Waals surface area contributed by atoms with Crippen LogP contribution in [0.15, 0.2) is 54.6 Å². The van der Waals surface area contributed by atoms with Crippen molar-refractivity contribution in [2.75, 3.05) is 20.7 Å². The zero-order valence-electron chi connectivity index (χ0n) is 24.9. The monoisotopic (exact) mass is 524 g/mol. The number of nitrogens with zero attached hydrogens (tertiary/aromatic N) is 1. The topological polar surface area (TPSA) is 35.5 Å². The molecule has 0 aliphatic rings. The van der Waals surface area contributed by atoms with Gasteiger partial charge in [-0.15, -0.1) is 0 Å². The molecular weight excluding hydrogens is 470 g/mol. The highest BCUT2D eigenvalue weighted by molar-refractivity contribution is 5.74. The largest absolute Gasteiger partial charge is 0.487 e. The Balaban J connectivity index is 1.71. The third kappa shape index (κ3) is 12.5. The predicted molar refractivity (Wildman–Crippen MR) is 159 cm³/mol. The van der Waals surface area contributed by atoms with Crippen LogP contribution in [0.5, 0.6) is 5.75 Å². The number of quaternary nitrogens is 1. The van der Waals surface area contributed by atoms with Gasteiger partial charge >= 0.3 is 5.97 Å². The standard InChI is InChI=1S/C34H54NO3/c1-6-8-9-10-11-12-13-14-16-20-30-23-25-32(26-24-30)38-29(3)28-37-34(36)33(19-7-2)35(4,5)27-31-21-17-15-18-22-31/h15,17-18,21-26,29,33H,6-14,16,19-20,27-28H2,1-5H3/q+1. The van der Waals surface area contributed by atoms with Crippen LogP contribution < -0.4 is 4.74 Å². The summed E-state index contributed by atoms with van der Waals surface area (Å²) in [6, 6.07) is 18.6. The Labute approximate surface area is 233 Å². The van der Waals surface area contributed by atoms with Gasteiger partial charge in [-0.25, -0.2) is 4.79 Å². The maximum Gasteiger partial charge on any atom is 0.365 e. The molecule has 0 saturated carbocycles. The van der Waals surface area contributed by atoms with E-state index in [9.17, 15) is 4.79 Å². The second kappa shape index (κ2) is 18.0. The lowest BCUT2D eigenvalue weighted by Gasteiger charge is -2.36. The van der Waals surface area contributed by atoms with E-state index in [0.29, 0.717) is 4.48 Å². The number of hydrogen-bond donors (Lipinski definition) is 0. The minimum atomic E-state index is -0.201. The summed E-state index contributed by atoms with van der Waals surface area (Å²) in [6.45, 7) is 7.40. The molecule has 0 radical (unpaired) electrons. The summed E-state index contributed by atoms with van der Waals surface area (Å²) in [5.41, 5.74) is 2.59. The Morgan fingerprint density at radius 1 is 0.763 bits per heavy atom. The van der Waals surface area contributed by atoms with Gasteiger partial charge in [0.2, 0.25) is 0 Å². The van der Waals surface area contributed by atoms with Crippen LogP contribution in [0.2, 0.25) is 0 Å². The van der Waals surface area contributed by atoms with Gasteiger partial charge in [-0.1, -0.05) is 108 Å². The fourth-order valence-corrected chi connectivity index (χ4v) is 5.13. The van der Waals surface area contributed by atoms with Gasteiger partial charge in [0.25, 0.3) is 0 Å². The summed E-state index contributed by atoms with van der Waals surface area (Å²) in [4.78, 5) is 13.1. The van der Waals surface area contributed by atoms with Crippen LogP contribution >= 0.6 is 0 Å². The van der Waals surface area contributed by atoms with Crippen molar-refractivity contribution in [3.05, 3.63) is 65.7 Å². The van der Waals surface area contributed by atoms with Crippen LogP contribution in [-0.4, -0.2) is 43.3 Å². The van der Waals surface area contributed by atoms with Crippen molar-refractivity contribution in [3.63, 3.8) is 0 Å². The highest BCUT2D eigenvalue weighted by atomic mass is 16.6. The molecule has 0 aromatic heterocycles. The number of unbranched alkanes of at least 4 members (excludes halogenated alkanes) is 8. The van der Waals surface area contributed by atoms with E-state index in [1.54, 1.807) is 0 Å². The van der Waals surface area contributed by atoms with E-state index in [1.807, 2.05) is 37.3 Å². The van der Waals surface area contributed by atoms with Gasteiger partial charge in [0, 0.05) is 12.0 Å². The number of carbonyl (C=O) groups excluding carboxylic acids is 1. The molecule has 4 nitrogen and oxygen atoms in total. The van der Waals surface area contributed by atoms with Crippen LogP contribution in [0.25, 0.3) is 0 Å². The van der Waals surface area contributed by atoms with Gasteiger partial charge in [0.05, 0.1) is 14.1 Å². The Kier molecular flexibility index (Phi) is 15.1. The van der Waals surface area contributed by atoms with Crippen molar-refractivity contribution in [1.82, 2.24) is 0 Å². The lowest BCUT2D eigenvalue weighted by atomic mass is 10.0. The van der Waals surface area contributed by atoms with Gasteiger partial charge in [-0.2, -0.15) is 0 Å². The van der Waals surface area contributed by atoms with Crippen molar-refractivity contribution in [1.29, 1.82) is 0 Å². The second-order valence-corrected chi connectivity index (χ2v) is 11.5. The number of benzene rings is 2. The Hall–Kier alpha value is -2.33. The van der Waals surface area contributed by atoms with Gasteiger partial charge in [-0.3, -0.25) is 0 Å². The smallest absolute Gasteiger partial charge is 0.365 e. The molecule has 0 N–H and O–H groups in total. The molecule has 38 heavy (non-hydrogen) atoms. The lowest BCUT2D eigenvalue weighted by Crippen LogP contribution is -2.53. The van der Waals surface area contributed by atoms with Crippen LogP contribution in [0.3, 0.4) is 0 Å². The molecule has 2 aromatic rings. The first-order chi connectivity index (χ1) is 18.4. The summed E-state index contributed by atoms with van der Waals surface area (Å²) < 4.78 is 12.4. The lowest BCUT2D eigenvalue weighted by molar-refractivity contribution is -0.920. The maximum absolute atomic E-state index is 13.1. The fourth-order valence-electron chi connectivity index (χ4n) is 5.13. The van der Waals surface area contributed by atoms with E-state index in [1.165, 1.54) is 68.9 Å². The molecule has 0 bridgehead atoms. The number of esters is 1. The number of hydrogen-bond acceptors (Lipinski definition) is 3. The highest BCUT2D eigenvalue weighted by Crippen LogP contribution is 2.20. The molecule has 0 spiro atoms. The number of likely N-dealkylation sites (N-methyl/N-ethyl adjacent to an activating group) is 1. The molecule has 0 aliphatic heterocycles. The number of ether oxygens (including phenoxy) is 2. The van der Waals surface area contributed by atoms with Crippen molar-refractivity contribution in [3.8, 4) is 5.75 Å². The summed E-state index contributed by atoms with van der Waals surface area (Å²) in [5.74, 6) is 0.689. The Bertz CT molecular complexity index is 878. The molecule has 0 heterocycles. The number of rotatable bonds is 20. The van der Waals surface area contributed by atoms with E-state index in [4.69, 9.17) is 9.47 Å². The van der Waals surface area contributed by atoms with E-state index < -0.39 is 0 Å². The molecule has 212 valence electrons. The van der Waals surface area contributed by atoms with Crippen LogP contribution in [0.4, 0.5) is 0 Å². The zero-order valence-corrected chi connectivity index (χ0v) is 24.9. The summed E-state index contributed by atoms with van der Waals surface area (Å²) >= 11 is 0. The summed E-state index contributed by atoms with van der Waals surface area (Å²) in [6.07, 6.45) is 14.9. The third-order valence-electron chi connectivity index (χ3n) is 7.40. The Morgan fingerprint density at radius 3 is 1.97 bits per heavy atom. The Morgan fingerprint density at radius 2 is 1.37 bits per heavy atom. The molecule has 0 amide bonds. The average molecular weight is 525 g/mol. The van der Waals surface area contributed by atoms with Crippen molar-refractivity contribution in [2.45, 2.75) is 117 Å². The van der Waals surface area contributed by atoms with E-state index in [2.05, 4.69) is 52.2 Å². The molecule has 2 unspecified atom stereocenters. The average Bonchev–Trinajstić information content (AvgIpc) is 2.90. The first-order valence-electron chi connectivity index (χ1n) is 15.1. The van der Waals surface area contributed by atoms with E-state index in [-0.39, 0.29) is 24.7 Å². The molecule has 0 fully saturated rings. The zero-order chi connectivity index (χ0) is 27.6. The first-order valence-corrected chi connectivity index (χ1v) is 15.1. The molecule has 2 aromatic carbocycles. The number of carbonyl (C=O) groups is 1. The normalized spacial score (nSPS) is 13.2. The van der Waals surface area contributed by atoms with Crippen LogP contribution in [-0.2, 0) is 22.5 Å². The van der Waals surface area contributed by atoms with E-state index >= 15 is 0 Å². The molecule has 0 aliphatic carbocycles. The van der Waals surface area contributed by atoms with Crippen molar-refractivity contribution < 1.29 is 18.8 Å². The SMILES string of the molecule is CCCCCCCCCCCc1ccc(OC(C)COC(=O)C(CCC)[N+](C)(C)Cc2ccccc2)cc1. The molecule has 2 rings (SSSR count). The highest BCUT2D eigenvalue weighted by Gasteiger charge is 2.36. The predicted octanol–water partition coefficient (Wildman–Crippen LogP) is 8.52. The molecule has 4 heteroatoms. The maximum atomic E-state index is 13.1. The van der Waals surface area contributed by atoms with Crippen LogP contribution in [0, 0.1) is 0 Å². The van der Waals surface area contributed by atoms with E-state index in [0.717, 1.165) is 31.6 Å². The van der Waals surface area contributed by atoms with Gasteiger partial charge in [0.1, 0.15) is 25.0 Å².